The summed E-state index contributed by atoms with van der Waals surface area (Å²) in [6.45, 7) is 34.8. The van der Waals surface area contributed by atoms with E-state index in [9.17, 15) is 5.11 Å². The predicted octanol–water partition coefficient (Wildman–Crippen LogP) is 7.87. The summed E-state index contributed by atoms with van der Waals surface area (Å²) in [5, 5.41) is 11.2. The van der Waals surface area contributed by atoms with Gasteiger partial charge in [-0.15, -0.1) is 0 Å². The molecule has 0 radical (unpaired) electrons. The van der Waals surface area contributed by atoms with Crippen LogP contribution in [-0.4, -0.2) is 55.0 Å². The zero-order valence-electron chi connectivity index (χ0n) is 24.6. The summed E-state index contributed by atoms with van der Waals surface area (Å²) in [7, 11) is -5.90. The molecule has 1 saturated carbocycles. The topological polar surface area (TPSA) is 47.9 Å². The van der Waals surface area contributed by atoms with Crippen molar-refractivity contribution in [3.05, 3.63) is 11.6 Å². The van der Waals surface area contributed by atoms with Crippen molar-refractivity contribution in [1.29, 1.82) is 0 Å². The SMILES string of the molecule is CC(C)(C)[Si](C)(C)OCC=C1C(O[Si](C)(C)C(C)(C)C)CC(O)C[C@H]1O[Si](C)(C)C(C)(C)C. The van der Waals surface area contributed by atoms with E-state index in [2.05, 4.69) is 108 Å². The van der Waals surface area contributed by atoms with E-state index in [1.807, 2.05) is 0 Å². The smallest absolute Gasteiger partial charge is 0.192 e. The van der Waals surface area contributed by atoms with Crippen LogP contribution < -0.4 is 0 Å². The van der Waals surface area contributed by atoms with Crippen LogP contribution >= 0.6 is 0 Å². The minimum absolute atomic E-state index is 0.105. The molecular formula is C26H56O4Si3. The standard InChI is InChI=1S/C26H56O4Si3/c1-24(2,3)31(10,11)28-17-16-21-22(29-32(12,13)25(4,5)6)18-20(27)19-23(21)30-33(14,15)26(7,8)9/h16,20,22-23,27H,17-19H2,1-15H3/t20?,22-,23?/m1/s1. The highest BCUT2D eigenvalue weighted by atomic mass is 28.4. The molecule has 4 nitrogen and oxygen atoms in total. The van der Waals surface area contributed by atoms with Crippen LogP contribution in [0.5, 0.6) is 0 Å². The van der Waals surface area contributed by atoms with Crippen molar-refractivity contribution in [1.82, 2.24) is 0 Å². The highest BCUT2D eigenvalue weighted by Gasteiger charge is 2.46. The van der Waals surface area contributed by atoms with Gasteiger partial charge in [-0.25, -0.2) is 0 Å². The van der Waals surface area contributed by atoms with Crippen molar-refractivity contribution < 1.29 is 18.4 Å². The quantitative estimate of drug-likeness (QED) is 0.276. The molecule has 0 aromatic carbocycles. The van der Waals surface area contributed by atoms with Crippen molar-refractivity contribution in [2.24, 2.45) is 0 Å². The maximum absolute atomic E-state index is 10.8. The molecule has 7 heteroatoms. The van der Waals surface area contributed by atoms with Crippen molar-refractivity contribution in [2.45, 2.75) is 148 Å². The van der Waals surface area contributed by atoms with Crippen LogP contribution in [0.2, 0.25) is 54.4 Å². The summed E-state index contributed by atoms with van der Waals surface area (Å²) in [6.07, 6.45) is 2.86. The first-order valence-electron chi connectivity index (χ1n) is 12.8. The highest BCUT2D eigenvalue weighted by Crippen LogP contribution is 2.44. The monoisotopic (exact) mass is 516 g/mol. The van der Waals surface area contributed by atoms with Crippen LogP contribution in [0.15, 0.2) is 11.6 Å². The Bertz CT molecular complexity index is 639. The Balaban J connectivity index is 3.35. The zero-order valence-corrected chi connectivity index (χ0v) is 27.6. The zero-order chi connectivity index (χ0) is 26.3. The molecule has 1 N–H and O–H groups in total. The summed E-state index contributed by atoms with van der Waals surface area (Å²) >= 11 is 0. The maximum atomic E-state index is 10.8. The van der Waals surface area contributed by atoms with Gasteiger partial charge in [-0.05, 0) is 60.0 Å². The van der Waals surface area contributed by atoms with E-state index in [4.69, 9.17) is 13.3 Å². The number of rotatable bonds is 7. The lowest BCUT2D eigenvalue weighted by atomic mass is 9.87. The lowest BCUT2D eigenvalue weighted by Gasteiger charge is -2.47. The number of hydrogen-bond acceptors (Lipinski definition) is 4. The van der Waals surface area contributed by atoms with Gasteiger partial charge in [-0.3, -0.25) is 0 Å². The van der Waals surface area contributed by atoms with Gasteiger partial charge in [-0.1, -0.05) is 68.4 Å². The van der Waals surface area contributed by atoms with Gasteiger partial charge in [0.25, 0.3) is 0 Å². The van der Waals surface area contributed by atoms with E-state index >= 15 is 0 Å². The Hall–Kier alpha value is 0.231. The highest BCUT2D eigenvalue weighted by molar-refractivity contribution is 6.75. The van der Waals surface area contributed by atoms with Gasteiger partial charge >= 0.3 is 0 Å². The fourth-order valence-corrected chi connectivity index (χ4v) is 6.72. The van der Waals surface area contributed by atoms with Crippen molar-refractivity contribution >= 4 is 25.0 Å². The molecule has 196 valence electrons. The molecule has 3 atom stereocenters. The molecule has 0 aromatic rings. The van der Waals surface area contributed by atoms with Crippen molar-refractivity contribution in [3.63, 3.8) is 0 Å². The minimum atomic E-state index is -2.02. The first-order valence-corrected chi connectivity index (χ1v) is 21.5. The van der Waals surface area contributed by atoms with Crippen LogP contribution in [0.3, 0.4) is 0 Å². The van der Waals surface area contributed by atoms with Gasteiger partial charge in [0.1, 0.15) is 0 Å². The average molecular weight is 517 g/mol. The van der Waals surface area contributed by atoms with E-state index < -0.39 is 31.1 Å². The fourth-order valence-electron chi connectivity index (χ4n) is 3.19. The number of hydrogen-bond donors (Lipinski definition) is 1. The molecule has 1 rings (SSSR count). The predicted molar refractivity (Wildman–Crippen MR) is 151 cm³/mol. The second-order valence-electron chi connectivity index (χ2n) is 14.6. The molecule has 0 saturated heterocycles. The third-order valence-corrected chi connectivity index (χ3v) is 22.2. The molecule has 1 fully saturated rings. The molecular weight excluding hydrogens is 461 g/mol. The van der Waals surface area contributed by atoms with E-state index in [-0.39, 0.29) is 27.3 Å². The molecule has 0 aliphatic heterocycles. The first-order chi connectivity index (χ1) is 14.4. The molecule has 33 heavy (non-hydrogen) atoms. The van der Waals surface area contributed by atoms with Crippen molar-refractivity contribution in [2.75, 3.05) is 6.61 Å². The third-order valence-electron chi connectivity index (χ3n) is 8.77. The maximum Gasteiger partial charge on any atom is 0.192 e. The van der Waals surface area contributed by atoms with Gasteiger partial charge in [0.15, 0.2) is 25.0 Å². The van der Waals surface area contributed by atoms with Crippen LogP contribution in [0.4, 0.5) is 0 Å². The molecule has 1 aliphatic carbocycles. The van der Waals surface area contributed by atoms with Crippen LogP contribution in [0.1, 0.15) is 75.2 Å². The summed E-state index contributed by atoms with van der Waals surface area (Å²) < 4.78 is 20.3. The Morgan fingerprint density at radius 2 is 1.03 bits per heavy atom. The van der Waals surface area contributed by atoms with Gasteiger partial charge in [-0.2, -0.15) is 0 Å². The second-order valence-corrected chi connectivity index (χ2v) is 29.0. The van der Waals surface area contributed by atoms with Gasteiger partial charge < -0.3 is 18.4 Å². The van der Waals surface area contributed by atoms with E-state index in [0.29, 0.717) is 19.4 Å². The fraction of sp³-hybridized carbons (Fsp3) is 0.923. The Morgan fingerprint density at radius 3 is 1.33 bits per heavy atom. The first kappa shape index (κ1) is 31.3. The molecule has 0 spiro atoms. The van der Waals surface area contributed by atoms with Crippen LogP contribution in [0, 0.1) is 0 Å². The number of aliphatic hydroxyl groups is 1. The molecule has 0 aromatic heterocycles. The normalized spacial score (nSPS) is 25.6. The molecule has 1 aliphatic rings. The lowest BCUT2D eigenvalue weighted by molar-refractivity contribution is 0.0241. The van der Waals surface area contributed by atoms with Crippen LogP contribution in [0.25, 0.3) is 0 Å². The summed E-state index contributed by atoms with van der Waals surface area (Å²) in [5.74, 6) is 0. The third kappa shape index (κ3) is 8.12. The summed E-state index contributed by atoms with van der Waals surface area (Å²) in [5.41, 5.74) is 1.19. The lowest BCUT2D eigenvalue weighted by Crippen LogP contribution is -2.52. The van der Waals surface area contributed by atoms with Gasteiger partial charge in [0, 0.05) is 12.8 Å². The molecule has 2 unspecified atom stereocenters. The summed E-state index contributed by atoms with van der Waals surface area (Å²) in [4.78, 5) is 0. The van der Waals surface area contributed by atoms with E-state index in [0.717, 1.165) is 0 Å². The largest absolute Gasteiger partial charge is 0.413 e. The Labute approximate surface area is 209 Å². The van der Waals surface area contributed by atoms with Crippen molar-refractivity contribution in [3.8, 4) is 0 Å². The second kappa shape index (κ2) is 10.3. The van der Waals surface area contributed by atoms with Crippen LogP contribution in [-0.2, 0) is 13.3 Å². The Morgan fingerprint density at radius 1 is 0.697 bits per heavy atom. The number of aliphatic hydroxyl groups excluding tert-OH is 1. The minimum Gasteiger partial charge on any atom is -0.413 e. The van der Waals surface area contributed by atoms with E-state index in [1.165, 1.54) is 5.57 Å². The molecule has 0 heterocycles. The molecule has 0 bridgehead atoms. The average Bonchev–Trinajstić information content (AvgIpc) is 2.53. The Kier molecular flexibility index (Phi) is 9.76. The van der Waals surface area contributed by atoms with Gasteiger partial charge in [0.2, 0.25) is 0 Å². The van der Waals surface area contributed by atoms with Gasteiger partial charge in [0.05, 0.1) is 24.9 Å². The summed E-state index contributed by atoms with van der Waals surface area (Å²) in [6, 6.07) is 0. The molecule has 0 amide bonds. The van der Waals surface area contributed by atoms with E-state index in [1.54, 1.807) is 0 Å².